The summed E-state index contributed by atoms with van der Waals surface area (Å²) in [5, 5.41) is 3.02. The van der Waals surface area contributed by atoms with Gasteiger partial charge in [0.2, 0.25) is 0 Å². The van der Waals surface area contributed by atoms with Gasteiger partial charge in [-0.1, -0.05) is 37.5 Å². The fraction of sp³-hybridized carbons (Fsp3) is 0.579. The number of carbonyl (C=O) groups is 2. The predicted octanol–water partition coefficient (Wildman–Crippen LogP) is 3.71. The van der Waals surface area contributed by atoms with E-state index in [0.29, 0.717) is 18.5 Å². The van der Waals surface area contributed by atoms with E-state index < -0.39 is 0 Å². The Morgan fingerprint density at radius 3 is 2.39 bits per heavy atom. The number of hydrogen-bond donors (Lipinski definition) is 1. The standard InChI is InChI=1S/C19H27NO3/c1-15(2)23-17(21)13-19(11-7-4-8-12-19)14-20-18(22)16-9-5-3-6-10-16/h3,5-6,9-10,15H,4,7-8,11-14H2,1-2H3,(H,20,22). The third-order valence-electron chi connectivity index (χ3n) is 4.46. The van der Waals surface area contributed by atoms with Gasteiger partial charge in [-0.15, -0.1) is 0 Å². The van der Waals surface area contributed by atoms with Gasteiger partial charge < -0.3 is 10.1 Å². The number of ether oxygens (including phenoxy) is 1. The number of esters is 1. The summed E-state index contributed by atoms with van der Waals surface area (Å²) in [6.45, 7) is 4.26. The Labute approximate surface area is 138 Å². The van der Waals surface area contributed by atoms with Crippen LogP contribution in [-0.4, -0.2) is 24.5 Å². The molecule has 0 unspecified atom stereocenters. The number of benzene rings is 1. The van der Waals surface area contributed by atoms with Gasteiger partial charge >= 0.3 is 5.97 Å². The summed E-state index contributed by atoms with van der Waals surface area (Å²) in [7, 11) is 0. The van der Waals surface area contributed by atoms with Crippen LogP contribution in [-0.2, 0) is 9.53 Å². The molecular weight excluding hydrogens is 290 g/mol. The lowest BCUT2D eigenvalue weighted by atomic mass is 9.71. The van der Waals surface area contributed by atoms with Crippen LogP contribution in [0, 0.1) is 5.41 Å². The summed E-state index contributed by atoms with van der Waals surface area (Å²) in [6.07, 6.45) is 5.65. The molecule has 1 aliphatic carbocycles. The highest BCUT2D eigenvalue weighted by atomic mass is 16.5. The first-order chi connectivity index (χ1) is 11.0. The molecule has 0 aromatic heterocycles. The molecule has 1 aliphatic rings. The molecule has 4 heteroatoms. The van der Waals surface area contributed by atoms with Crippen LogP contribution in [0.15, 0.2) is 30.3 Å². The van der Waals surface area contributed by atoms with Gasteiger partial charge in [-0.05, 0) is 44.2 Å². The quantitative estimate of drug-likeness (QED) is 0.814. The zero-order valence-electron chi connectivity index (χ0n) is 14.1. The van der Waals surface area contributed by atoms with E-state index in [9.17, 15) is 9.59 Å². The van der Waals surface area contributed by atoms with Crippen molar-refractivity contribution in [3.8, 4) is 0 Å². The fourth-order valence-electron chi connectivity index (χ4n) is 3.29. The second-order valence-electron chi connectivity index (χ2n) is 6.82. The minimum Gasteiger partial charge on any atom is -0.463 e. The maximum absolute atomic E-state index is 12.3. The van der Waals surface area contributed by atoms with Crippen LogP contribution < -0.4 is 5.32 Å². The summed E-state index contributed by atoms with van der Waals surface area (Å²) in [4.78, 5) is 24.4. The zero-order chi connectivity index (χ0) is 16.7. The number of nitrogens with one attached hydrogen (secondary N) is 1. The molecule has 0 aliphatic heterocycles. The lowest BCUT2D eigenvalue weighted by Gasteiger charge is -2.36. The van der Waals surface area contributed by atoms with Gasteiger partial charge in [-0.25, -0.2) is 0 Å². The molecule has 1 amide bonds. The molecular formula is C19H27NO3. The number of amides is 1. The maximum atomic E-state index is 12.3. The van der Waals surface area contributed by atoms with E-state index in [4.69, 9.17) is 4.74 Å². The topological polar surface area (TPSA) is 55.4 Å². The van der Waals surface area contributed by atoms with E-state index in [0.717, 1.165) is 25.7 Å². The Morgan fingerprint density at radius 2 is 1.78 bits per heavy atom. The van der Waals surface area contributed by atoms with Gasteiger partial charge in [-0.3, -0.25) is 9.59 Å². The first-order valence-corrected chi connectivity index (χ1v) is 8.53. The molecule has 4 nitrogen and oxygen atoms in total. The Morgan fingerprint density at radius 1 is 1.13 bits per heavy atom. The molecule has 1 aromatic carbocycles. The van der Waals surface area contributed by atoms with Crippen LogP contribution in [0.2, 0.25) is 0 Å². The van der Waals surface area contributed by atoms with Crippen LogP contribution in [0.1, 0.15) is 62.7 Å². The Bertz CT molecular complexity index is 519. The molecule has 1 saturated carbocycles. The molecule has 2 rings (SSSR count). The highest BCUT2D eigenvalue weighted by Crippen LogP contribution is 2.39. The minimum absolute atomic E-state index is 0.0761. The molecule has 1 aromatic rings. The highest BCUT2D eigenvalue weighted by molar-refractivity contribution is 5.94. The SMILES string of the molecule is CC(C)OC(=O)CC1(CNC(=O)c2ccccc2)CCCCC1. The Kier molecular flexibility index (Phi) is 6.20. The molecule has 0 radical (unpaired) electrons. The van der Waals surface area contributed by atoms with E-state index in [1.165, 1.54) is 6.42 Å². The number of carbonyl (C=O) groups excluding carboxylic acids is 2. The van der Waals surface area contributed by atoms with Crippen LogP contribution in [0.3, 0.4) is 0 Å². The number of rotatable bonds is 6. The maximum Gasteiger partial charge on any atom is 0.306 e. The van der Waals surface area contributed by atoms with Crippen molar-refractivity contribution >= 4 is 11.9 Å². The van der Waals surface area contributed by atoms with Crippen molar-refractivity contribution in [2.45, 2.75) is 58.5 Å². The zero-order valence-corrected chi connectivity index (χ0v) is 14.1. The Balaban J connectivity index is 1.98. The average molecular weight is 317 g/mol. The van der Waals surface area contributed by atoms with E-state index in [1.54, 1.807) is 12.1 Å². The summed E-state index contributed by atoms with van der Waals surface area (Å²) < 4.78 is 5.32. The largest absolute Gasteiger partial charge is 0.463 e. The lowest BCUT2D eigenvalue weighted by Crippen LogP contribution is -2.41. The van der Waals surface area contributed by atoms with Gasteiger partial charge in [0, 0.05) is 12.1 Å². The van der Waals surface area contributed by atoms with Crippen molar-refractivity contribution in [2.24, 2.45) is 5.41 Å². The summed E-state index contributed by atoms with van der Waals surface area (Å²) >= 11 is 0. The number of hydrogen-bond acceptors (Lipinski definition) is 3. The first-order valence-electron chi connectivity index (χ1n) is 8.53. The molecule has 0 spiro atoms. The normalized spacial score (nSPS) is 16.8. The molecule has 0 bridgehead atoms. The smallest absolute Gasteiger partial charge is 0.306 e. The second-order valence-corrected chi connectivity index (χ2v) is 6.82. The van der Waals surface area contributed by atoms with Crippen LogP contribution in [0.4, 0.5) is 0 Å². The van der Waals surface area contributed by atoms with E-state index in [2.05, 4.69) is 5.32 Å². The van der Waals surface area contributed by atoms with E-state index in [-0.39, 0.29) is 23.4 Å². The van der Waals surface area contributed by atoms with Crippen molar-refractivity contribution < 1.29 is 14.3 Å². The van der Waals surface area contributed by atoms with Crippen molar-refractivity contribution in [1.29, 1.82) is 0 Å². The van der Waals surface area contributed by atoms with Crippen molar-refractivity contribution in [3.63, 3.8) is 0 Å². The molecule has 1 fully saturated rings. The van der Waals surface area contributed by atoms with Gasteiger partial charge in [0.05, 0.1) is 12.5 Å². The summed E-state index contributed by atoms with van der Waals surface area (Å²) in [6, 6.07) is 9.20. The van der Waals surface area contributed by atoms with Crippen molar-refractivity contribution in [3.05, 3.63) is 35.9 Å². The average Bonchev–Trinajstić information content (AvgIpc) is 2.53. The van der Waals surface area contributed by atoms with Gasteiger partial charge in [0.1, 0.15) is 0 Å². The molecule has 23 heavy (non-hydrogen) atoms. The predicted molar refractivity (Wildman–Crippen MR) is 90.1 cm³/mol. The molecule has 1 N–H and O–H groups in total. The van der Waals surface area contributed by atoms with Gasteiger partial charge in [0.15, 0.2) is 0 Å². The molecule has 0 saturated heterocycles. The highest BCUT2D eigenvalue weighted by Gasteiger charge is 2.35. The molecule has 0 heterocycles. The van der Waals surface area contributed by atoms with Crippen LogP contribution in [0.25, 0.3) is 0 Å². The van der Waals surface area contributed by atoms with Crippen LogP contribution in [0.5, 0.6) is 0 Å². The Hall–Kier alpha value is -1.84. The van der Waals surface area contributed by atoms with E-state index >= 15 is 0 Å². The fourth-order valence-corrected chi connectivity index (χ4v) is 3.29. The third-order valence-corrected chi connectivity index (χ3v) is 4.46. The monoisotopic (exact) mass is 317 g/mol. The first kappa shape index (κ1) is 17.5. The van der Waals surface area contributed by atoms with Crippen molar-refractivity contribution in [2.75, 3.05) is 6.54 Å². The van der Waals surface area contributed by atoms with Gasteiger partial charge in [-0.2, -0.15) is 0 Å². The molecule has 126 valence electrons. The minimum atomic E-state index is -0.158. The van der Waals surface area contributed by atoms with Crippen molar-refractivity contribution in [1.82, 2.24) is 5.32 Å². The summed E-state index contributed by atoms with van der Waals surface area (Å²) in [5.74, 6) is -0.233. The second kappa shape index (κ2) is 8.14. The molecule has 0 atom stereocenters. The van der Waals surface area contributed by atoms with Crippen LogP contribution >= 0.6 is 0 Å². The summed E-state index contributed by atoms with van der Waals surface area (Å²) in [5.41, 5.74) is 0.498. The van der Waals surface area contributed by atoms with Gasteiger partial charge in [0.25, 0.3) is 5.91 Å². The lowest BCUT2D eigenvalue weighted by molar-refractivity contribution is -0.150. The third kappa shape index (κ3) is 5.38. The van der Waals surface area contributed by atoms with E-state index in [1.807, 2.05) is 32.0 Å².